The fraction of sp³-hybridized carbons (Fsp3) is 0.250. The monoisotopic (exact) mass is 325 g/mol. The summed E-state index contributed by atoms with van der Waals surface area (Å²) in [7, 11) is 0. The van der Waals surface area contributed by atoms with Crippen molar-refractivity contribution in [3.8, 4) is 0 Å². The molecular formula is C16H15N5O3. The third-order valence-corrected chi connectivity index (χ3v) is 4.09. The van der Waals surface area contributed by atoms with Crippen LogP contribution < -0.4 is 5.32 Å². The molecule has 0 bridgehead atoms. The Morgan fingerprint density at radius 3 is 3.00 bits per heavy atom. The molecule has 0 saturated carbocycles. The van der Waals surface area contributed by atoms with Crippen molar-refractivity contribution in [2.75, 3.05) is 11.9 Å². The molecule has 0 aromatic carbocycles. The van der Waals surface area contributed by atoms with Crippen LogP contribution in [0.3, 0.4) is 0 Å². The zero-order chi connectivity index (χ0) is 16.5. The molecule has 3 aromatic rings. The van der Waals surface area contributed by atoms with Gasteiger partial charge in [-0.15, -0.1) is 0 Å². The number of nitrogens with zero attached hydrogens (tertiary/aromatic N) is 4. The standard InChI is InChI=1S/C16H15N5O3/c22-15(19-14-5-7-17-13-6-8-18-21(13)14)11-3-1-9-20(11)16(23)12-4-2-10-24-12/h2,4-8,10-11H,1,3,9H2,(H,19,22)/t11-/m0/s1. The molecule has 1 atom stereocenters. The summed E-state index contributed by atoms with van der Waals surface area (Å²) in [5.41, 5.74) is 0.641. The van der Waals surface area contributed by atoms with Gasteiger partial charge in [0.1, 0.15) is 11.9 Å². The molecule has 4 heterocycles. The first-order chi connectivity index (χ1) is 11.7. The second kappa shape index (κ2) is 5.80. The van der Waals surface area contributed by atoms with Crippen molar-refractivity contribution in [1.29, 1.82) is 0 Å². The number of anilines is 1. The van der Waals surface area contributed by atoms with Gasteiger partial charge in [-0.25, -0.2) is 4.98 Å². The number of amides is 2. The highest BCUT2D eigenvalue weighted by Crippen LogP contribution is 2.22. The van der Waals surface area contributed by atoms with Crippen LogP contribution in [-0.2, 0) is 4.79 Å². The van der Waals surface area contributed by atoms with E-state index in [9.17, 15) is 9.59 Å². The number of hydrogen-bond donors (Lipinski definition) is 1. The minimum absolute atomic E-state index is 0.240. The summed E-state index contributed by atoms with van der Waals surface area (Å²) >= 11 is 0. The Morgan fingerprint density at radius 2 is 2.17 bits per heavy atom. The lowest BCUT2D eigenvalue weighted by atomic mass is 10.2. The molecule has 0 aliphatic carbocycles. The molecule has 0 unspecified atom stereocenters. The van der Waals surface area contributed by atoms with Crippen molar-refractivity contribution < 1.29 is 14.0 Å². The van der Waals surface area contributed by atoms with Gasteiger partial charge in [-0.2, -0.15) is 9.61 Å². The Labute approximate surface area is 137 Å². The number of rotatable bonds is 3. The van der Waals surface area contributed by atoms with Crippen molar-refractivity contribution in [3.05, 3.63) is 48.7 Å². The highest BCUT2D eigenvalue weighted by atomic mass is 16.3. The van der Waals surface area contributed by atoms with Gasteiger partial charge in [0.15, 0.2) is 11.4 Å². The molecule has 1 fully saturated rings. The average molecular weight is 325 g/mol. The second-order valence-electron chi connectivity index (χ2n) is 5.55. The van der Waals surface area contributed by atoms with Crippen LogP contribution in [-0.4, -0.2) is 43.9 Å². The Balaban J connectivity index is 1.55. The normalized spacial score (nSPS) is 17.3. The maximum absolute atomic E-state index is 12.7. The number of carbonyl (C=O) groups excluding carboxylic acids is 2. The first kappa shape index (κ1) is 14.4. The van der Waals surface area contributed by atoms with Crippen LogP contribution in [0.5, 0.6) is 0 Å². The van der Waals surface area contributed by atoms with Crippen molar-refractivity contribution in [3.63, 3.8) is 0 Å². The van der Waals surface area contributed by atoms with Crippen LogP contribution in [0.2, 0.25) is 0 Å². The predicted octanol–water partition coefficient (Wildman–Crippen LogP) is 1.57. The van der Waals surface area contributed by atoms with Crippen LogP contribution in [0.1, 0.15) is 23.4 Å². The van der Waals surface area contributed by atoms with Gasteiger partial charge >= 0.3 is 0 Å². The number of aromatic nitrogens is 3. The average Bonchev–Trinajstić information content (AvgIpc) is 3.33. The molecular weight excluding hydrogens is 310 g/mol. The number of carbonyl (C=O) groups is 2. The van der Waals surface area contributed by atoms with Crippen LogP contribution in [0.4, 0.5) is 5.82 Å². The molecule has 1 saturated heterocycles. The largest absolute Gasteiger partial charge is 0.459 e. The molecule has 1 aliphatic heterocycles. The summed E-state index contributed by atoms with van der Waals surface area (Å²) < 4.78 is 6.70. The van der Waals surface area contributed by atoms with E-state index in [2.05, 4.69) is 15.4 Å². The zero-order valence-corrected chi connectivity index (χ0v) is 12.8. The predicted molar refractivity (Wildman–Crippen MR) is 84.4 cm³/mol. The van der Waals surface area contributed by atoms with Gasteiger partial charge < -0.3 is 14.6 Å². The van der Waals surface area contributed by atoms with Gasteiger partial charge in [-0.3, -0.25) is 9.59 Å². The van der Waals surface area contributed by atoms with E-state index < -0.39 is 6.04 Å². The second-order valence-corrected chi connectivity index (χ2v) is 5.55. The van der Waals surface area contributed by atoms with E-state index in [0.29, 0.717) is 24.4 Å². The molecule has 24 heavy (non-hydrogen) atoms. The fourth-order valence-corrected chi connectivity index (χ4v) is 2.96. The van der Waals surface area contributed by atoms with Gasteiger partial charge in [-0.05, 0) is 31.0 Å². The number of fused-ring (bicyclic) bond motifs is 1. The summed E-state index contributed by atoms with van der Waals surface area (Å²) in [6.07, 6.45) is 6.06. The third kappa shape index (κ3) is 2.41. The lowest BCUT2D eigenvalue weighted by Gasteiger charge is -2.23. The van der Waals surface area contributed by atoms with Gasteiger partial charge in [-0.1, -0.05) is 0 Å². The van der Waals surface area contributed by atoms with E-state index >= 15 is 0 Å². The van der Waals surface area contributed by atoms with Crippen LogP contribution in [0.15, 0.2) is 47.3 Å². The number of hydrogen-bond acceptors (Lipinski definition) is 5. The van der Waals surface area contributed by atoms with Gasteiger partial charge in [0.2, 0.25) is 5.91 Å². The van der Waals surface area contributed by atoms with Crippen molar-refractivity contribution in [2.24, 2.45) is 0 Å². The van der Waals surface area contributed by atoms with Gasteiger partial charge in [0, 0.05) is 18.8 Å². The summed E-state index contributed by atoms with van der Waals surface area (Å²) in [6, 6.07) is 6.15. The number of furan rings is 1. The highest BCUT2D eigenvalue weighted by molar-refractivity contribution is 6.00. The molecule has 2 amide bonds. The molecule has 1 N–H and O–H groups in total. The molecule has 0 radical (unpaired) electrons. The van der Waals surface area contributed by atoms with Crippen molar-refractivity contribution in [2.45, 2.75) is 18.9 Å². The molecule has 1 aliphatic rings. The molecule has 8 nitrogen and oxygen atoms in total. The molecule has 4 rings (SSSR count). The fourth-order valence-electron chi connectivity index (χ4n) is 2.96. The lowest BCUT2D eigenvalue weighted by molar-refractivity contribution is -0.119. The first-order valence-electron chi connectivity index (χ1n) is 7.68. The Morgan fingerprint density at radius 1 is 1.25 bits per heavy atom. The smallest absolute Gasteiger partial charge is 0.290 e. The quantitative estimate of drug-likeness (QED) is 0.789. The van der Waals surface area contributed by atoms with E-state index in [1.165, 1.54) is 6.26 Å². The Hall–Kier alpha value is -3.16. The summed E-state index contributed by atoms with van der Waals surface area (Å²) in [5.74, 6) is 0.257. The third-order valence-electron chi connectivity index (χ3n) is 4.09. The topological polar surface area (TPSA) is 92.7 Å². The summed E-state index contributed by atoms with van der Waals surface area (Å²) in [4.78, 5) is 30.8. The number of likely N-dealkylation sites (tertiary alicyclic amines) is 1. The molecule has 0 spiro atoms. The van der Waals surface area contributed by atoms with E-state index in [1.54, 1.807) is 46.1 Å². The molecule has 122 valence electrons. The van der Waals surface area contributed by atoms with E-state index in [-0.39, 0.29) is 17.6 Å². The maximum Gasteiger partial charge on any atom is 0.290 e. The van der Waals surface area contributed by atoms with Crippen molar-refractivity contribution >= 4 is 23.3 Å². The van der Waals surface area contributed by atoms with Crippen molar-refractivity contribution in [1.82, 2.24) is 19.5 Å². The lowest BCUT2D eigenvalue weighted by Crippen LogP contribution is -2.43. The van der Waals surface area contributed by atoms with Crippen LogP contribution in [0, 0.1) is 0 Å². The zero-order valence-electron chi connectivity index (χ0n) is 12.8. The Kier molecular flexibility index (Phi) is 3.49. The first-order valence-corrected chi connectivity index (χ1v) is 7.68. The van der Waals surface area contributed by atoms with E-state index in [0.717, 1.165) is 6.42 Å². The Bertz CT molecular complexity index is 886. The van der Waals surface area contributed by atoms with Crippen LogP contribution in [0.25, 0.3) is 5.65 Å². The molecule has 8 heteroatoms. The highest BCUT2D eigenvalue weighted by Gasteiger charge is 2.35. The van der Waals surface area contributed by atoms with E-state index in [1.807, 2.05) is 0 Å². The van der Waals surface area contributed by atoms with Gasteiger partial charge in [0.25, 0.3) is 5.91 Å². The van der Waals surface area contributed by atoms with E-state index in [4.69, 9.17) is 4.42 Å². The van der Waals surface area contributed by atoms with Gasteiger partial charge in [0.05, 0.1) is 12.5 Å². The summed E-state index contributed by atoms with van der Waals surface area (Å²) in [5, 5.41) is 6.98. The van der Waals surface area contributed by atoms with Crippen LogP contribution >= 0.6 is 0 Å². The minimum atomic E-state index is -0.527. The minimum Gasteiger partial charge on any atom is -0.459 e. The maximum atomic E-state index is 12.7. The number of nitrogens with one attached hydrogen (secondary N) is 1. The SMILES string of the molecule is O=C(Nc1ccnc2ccnn12)[C@@H]1CCCN1C(=O)c1ccco1. The molecule has 3 aromatic heterocycles. The summed E-state index contributed by atoms with van der Waals surface area (Å²) in [6.45, 7) is 0.533.